The first-order valence-electron chi connectivity index (χ1n) is 12.0. The van der Waals surface area contributed by atoms with Gasteiger partial charge in [-0.15, -0.1) is 0 Å². The summed E-state index contributed by atoms with van der Waals surface area (Å²) in [5.41, 5.74) is 2.31. The maximum atomic E-state index is 4.37. The largest absolute Gasteiger partial charge is 2.00 e. The Hall–Kier alpha value is -1.04. The molecule has 2 fully saturated rings. The van der Waals surface area contributed by atoms with Gasteiger partial charge in [0.1, 0.15) is 0 Å². The van der Waals surface area contributed by atoms with Crippen LogP contribution in [0.25, 0.3) is 0 Å². The quantitative estimate of drug-likeness (QED) is 0.215. The first-order chi connectivity index (χ1) is 15.9. The monoisotopic (exact) mass is 840 g/mol. The molecule has 0 radical (unpaired) electrons. The van der Waals surface area contributed by atoms with Crippen LogP contribution in [0, 0.1) is 0 Å². The molecule has 46 heavy (non-hydrogen) atoms. The zero-order valence-electron chi connectivity index (χ0n) is 25.6. The molecule has 0 saturated carbocycles. The molecule has 20 nitrogen and oxygen atoms in total. The van der Waals surface area contributed by atoms with E-state index in [1.165, 1.54) is 0 Å². The van der Waals surface area contributed by atoms with E-state index in [4.69, 9.17) is 0 Å². The van der Waals surface area contributed by atoms with Crippen molar-refractivity contribution in [1.29, 1.82) is 0 Å². The van der Waals surface area contributed by atoms with Crippen molar-refractivity contribution in [3.8, 4) is 0 Å². The molecule has 4 rings (SSSR count). The minimum atomic E-state index is 0. The normalized spacial score (nSPS) is 13.7. The van der Waals surface area contributed by atoms with Gasteiger partial charge in [0.05, 0.1) is 11.4 Å². The number of hydrogen-bond acceptors (Lipinski definition) is 8. The third kappa shape index (κ3) is 37.4. The van der Waals surface area contributed by atoms with Crippen molar-refractivity contribution in [2.24, 2.45) is 0 Å². The predicted octanol–water partition coefficient (Wildman–Crippen LogP) is -5.51. The Morgan fingerprint density at radius 1 is 0.435 bits per heavy atom. The Balaban J connectivity index is -0.0000000385. The van der Waals surface area contributed by atoms with Crippen molar-refractivity contribution in [3.63, 3.8) is 0 Å². The van der Waals surface area contributed by atoms with Crippen LogP contribution in [0.3, 0.4) is 0 Å². The molecule has 0 amide bonds. The van der Waals surface area contributed by atoms with E-state index >= 15 is 0 Å². The summed E-state index contributed by atoms with van der Waals surface area (Å²) in [6.07, 6.45) is 3.73. The summed E-state index contributed by atoms with van der Waals surface area (Å²) in [4.78, 5) is 13.6. The summed E-state index contributed by atoms with van der Waals surface area (Å²) < 4.78 is 0. The molecule has 22 heteroatoms. The summed E-state index contributed by atoms with van der Waals surface area (Å²) >= 11 is 0. The summed E-state index contributed by atoms with van der Waals surface area (Å²) in [7, 11) is 0. The van der Waals surface area contributed by atoms with Gasteiger partial charge >= 0.3 is 0 Å². The van der Waals surface area contributed by atoms with E-state index in [9.17, 15) is 0 Å². The molecule has 4 heterocycles. The van der Waals surface area contributed by atoms with Gasteiger partial charge in [0.15, 0.2) is 0 Å². The van der Waals surface area contributed by atoms with Crippen LogP contribution in [-0.4, -0.2) is 131 Å². The van der Waals surface area contributed by atoms with Crippen LogP contribution in [0.4, 0.5) is 0 Å². The topological polar surface area (TPSA) is 440 Å². The van der Waals surface area contributed by atoms with Gasteiger partial charge in [0.25, 0.3) is 0 Å². The number of hydrogen-bond donors (Lipinski definition) is 4. The minimum Gasteiger partial charge on any atom is -2.00 e. The second-order valence-corrected chi connectivity index (χ2v) is 8.19. The van der Waals surface area contributed by atoms with Crippen molar-refractivity contribution in [1.82, 2.24) is 41.0 Å². The van der Waals surface area contributed by atoms with Gasteiger partial charge < -0.3 is 87.0 Å². The molecule has 0 aromatic carbocycles. The SMILES string of the molecule is O.O.O.O.O.O.[Mo].[Mo].[O-2].[O-2].[O-2].[O-2].[O-2].[O-2].c1ccc(CN2CCNCCNCC2)nc1.c1ccc(CN2CCNCCNCC2)nc1. The molecule has 0 bridgehead atoms. The van der Waals surface area contributed by atoms with Crippen molar-refractivity contribution >= 4 is 0 Å². The molecule has 2 aromatic rings. The number of nitrogens with zero attached hydrogens (tertiary/aromatic N) is 4. The number of pyridine rings is 2. The van der Waals surface area contributed by atoms with Gasteiger partial charge in [0.2, 0.25) is 0 Å². The summed E-state index contributed by atoms with van der Waals surface area (Å²) in [6, 6.07) is 12.2. The van der Waals surface area contributed by atoms with Gasteiger partial charge in [0, 0.05) is 146 Å². The Kier molecular flexibility index (Phi) is 92.9. The number of rotatable bonds is 4. The zero-order chi connectivity index (χ0) is 22.1. The van der Waals surface area contributed by atoms with Crippen LogP contribution >= 0.6 is 0 Å². The van der Waals surface area contributed by atoms with Crippen LogP contribution in [0.2, 0.25) is 0 Å². The van der Waals surface area contributed by atoms with Crippen molar-refractivity contribution in [2.75, 3.05) is 78.5 Å². The second-order valence-electron chi connectivity index (χ2n) is 8.19. The molecule has 2 aromatic heterocycles. The third-order valence-corrected chi connectivity index (χ3v) is 5.60. The first kappa shape index (κ1) is 80.0. The molecule has 284 valence electrons. The molecular formula is C24H52Mo2N8O12-12. The van der Waals surface area contributed by atoms with Crippen LogP contribution in [0.15, 0.2) is 48.8 Å². The molecule has 16 N–H and O–H groups in total. The number of nitrogens with one attached hydrogen (secondary N) is 4. The van der Waals surface area contributed by atoms with E-state index < -0.39 is 0 Å². The van der Waals surface area contributed by atoms with Crippen LogP contribution in [-0.2, 0) is 88.1 Å². The van der Waals surface area contributed by atoms with Crippen LogP contribution < -0.4 is 21.3 Å². The van der Waals surface area contributed by atoms with Crippen LogP contribution in [0.5, 0.6) is 0 Å². The van der Waals surface area contributed by atoms with Gasteiger partial charge in [-0.3, -0.25) is 19.8 Å². The molecule has 2 saturated heterocycles. The van der Waals surface area contributed by atoms with E-state index in [-0.39, 0.29) is 108 Å². The van der Waals surface area contributed by atoms with Crippen LogP contribution in [0.1, 0.15) is 11.4 Å². The van der Waals surface area contributed by atoms with E-state index in [2.05, 4.69) is 65.3 Å². The molecule has 0 unspecified atom stereocenters. The molecular weight excluding hydrogens is 784 g/mol. The maximum absolute atomic E-state index is 4.37. The zero-order valence-corrected chi connectivity index (χ0v) is 29.6. The first-order valence-corrected chi connectivity index (χ1v) is 12.0. The minimum absolute atomic E-state index is 0. The van der Waals surface area contributed by atoms with Gasteiger partial charge in [-0.05, 0) is 24.3 Å². The fourth-order valence-corrected chi connectivity index (χ4v) is 3.78. The Labute approximate surface area is 299 Å². The third-order valence-electron chi connectivity index (χ3n) is 5.60. The predicted molar refractivity (Wildman–Crippen MR) is 156 cm³/mol. The second kappa shape index (κ2) is 53.4. The summed E-state index contributed by atoms with van der Waals surface area (Å²) in [5.74, 6) is 0. The summed E-state index contributed by atoms with van der Waals surface area (Å²) in [6.45, 7) is 14.8. The van der Waals surface area contributed by atoms with Gasteiger partial charge in [-0.2, -0.15) is 0 Å². The van der Waals surface area contributed by atoms with Gasteiger partial charge in [-0.25, -0.2) is 0 Å². The smallest absolute Gasteiger partial charge is 0.0543 e. The average Bonchev–Trinajstić information content (AvgIpc) is 3.05. The van der Waals surface area contributed by atoms with E-state index in [1.807, 2.05) is 24.5 Å². The Morgan fingerprint density at radius 3 is 0.913 bits per heavy atom. The van der Waals surface area contributed by atoms with E-state index in [1.54, 1.807) is 0 Å². The molecule has 0 atom stereocenters. The number of aromatic nitrogens is 2. The van der Waals surface area contributed by atoms with Crippen molar-refractivity contribution in [2.45, 2.75) is 13.1 Å². The van der Waals surface area contributed by atoms with E-state index in [0.717, 1.165) is 103 Å². The standard InChI is InChI=1S/2C12H20N4.2Mo.6H2O.6O/c2*1-2-4-15-12(3-1)11-16-9-7-13-5-6-14-8-10-16;;;;;;;;;;;;;;/h2*1-4,13-14H,5-11H2;;;6*1H2;;;;;;/q;;;;;;;;;;6*-2. The fraction of sp³-hybridized carbons (Fsp3) is 0.583. The fourth-order valence-electron chi connectivity index (χ4n) is 3.78. The average molecular weight is 837 g/mol. The Morgan fingerprint density at radius 2 is 0.696 bits per heavy atom. The Bertz CT molecular complexity index is 667. The molecule has 2 aliphatic heterocycles. The molecule has 0 aliphatic carbocycles. The molecule has 0 spiro atoms. The van der Waals surface area contributed by atoms with Crippen molar-refractivity contribution in [3.05, 3.63) is 60.2 Å². The van der Waals surface area contributed by atoms with E-state index in [0.29, 0.717) is 0 Å². The van der Waals surface area contributed by atoms with Gasteiger partial charge in [-0.1, -0.05) is 12.1 Å². The van der Waals surface area contributed by atoms with Crippen molar-refractivity contribution < 1.29 is 108 Å². The summed E-state index contributed by atoms with van der Waals surface area (Å²) in [5, 5.41) is 13.7. The maximum Gasteiger partial charge on any atom is 0.0543 e. The molecule has 2 aliphatic rings.